The lowest BCUT2D eigenvalue weighted by Crippen LogP contribution is -1.87. The molecule has 1 unspecified atom stereocenters. The normalized spacial score (nSPS) is 12.2. The summed E-state index contributed by atoms with van der Waals surface area (Å²) in [7, 11) is 0. The van der Waals surface area contributed by atoms with E-state index in [4.69, 9.17) is 5.73 Å². The second-order valence-corrected chi connectivity index (χ2v) is 5.74. The Kier molecular flexibility index (Phi) is 4.19. The molecule has 1 atom stereocenters. The van der Waals surface area contributed by atoms with Crippen molar-refractivity contribution < 1.29 is 0 Å². The van der Waals surface area contributed by atoms with Gasteiger partial charge in [-0.15, -0.1) is 0 Å². The quantitative estimate of drug-likeness (QED) is 0.499. The third-order valence-corrected chi connectivity index (χ3v) is 3.30. The van der Waals surface area contributed by atoms with Crippen LogP contribution in [0.2, 0.25) is 0 Å². The van der Waals surface area contributed by atoms with E-state index in [0.717, 1.165) is 9.61 Å². The average molecular weight is 364 g/mol. The minimum atomic E-state index is 0.522. The number of nitrogens with two attached hydrogens (primary N) is 1. The van der Waals surface area contributed by atoms with E-state index in [0.29, 0.717) is 11.4 Å². The largest absolute Gasteiger partial charge is 0.389 e. The Morgan fingerprint density at radius 3 is 3.00 bits per heavy atom. The maximum atomic E-state index is 5.62. The molecule has 2 N–H and O–H groups in total. The second kappa shape index (κ2) is 4.69. The van der Waals surface area contributed by atoms with Gasteiger partial charge >= 0.3 is 0 Å². The maximum Gasteiger partial charge on any atom is 0.161 e. The fourth-order valence-corrected chi connectivity index (χ4v) is 2.33. The van der Waals surface area contributed by atoms with Gasteiger partial charge in [-0.25, -0.2) is 4.98 Å². The summed E-state index contributed by atoms with van der Waals surface area (Å²) in [6.07, 6.45) is 2.22. The molecule has 1 heterocycles. The van der Waals surface area contributed by atoms with E-state index in [1.54, 1.807) is 6.21 Å². The van der Waals surface area contributed by atoms with Crippen molar-refractivity contribution in [2.45, 2.75) is 0 Å². The van der Waals surface area contributed by atoms with Crippen molar-refractivity contribution in [1.82, 2.24) is 4.98 Å². The fourth-order valence-electron chi connectivity index (χ4n) is 0.494. The zero-order valence-corrected chi connectivity index (χ0v) is 10.8. The molecule has 0 aliphatic carbocycles. The summed E-state index contributed by atoms with van der Waals surface area (Å²) in [6.45, 7) is 0. The molecule has 1 aromatic rings. The van der Waals surface area contributed by atoms with Crippen LogP contribution in [0.3, 0.4) is 0 Å². The van der Waals surface area contributed by atoms with Crippen LogP contribution in [0.5, 0.6) is 0 Å². The maximum absolute atomic E-state index is 5.62. The summed E-state index contributed by atoms with van der Waals surface area (Å²) < 4.78 is 4.85. The first-order chi connectivity index (χ1) is 5.24. The molecular formula is C4H4BrIN3PS. The average Bonchev–Trinajstić information content (AvgIpc) is 2.26. The minimum absolute atomic E-state index is 0.522. The number of halogens is 2. The number of nitrogens with zero attached hydrogens (tertiary/aromatic N) is 2. The molecule has 0 aromatic carbocycles. The summed E-state index contributed by atoms with van der Waals surface area (Å²) in [5.74, 6) is 0. The van der Waals surface area contributed by atoms with E-state index >= 15 is 0 Å². The van der Waals surface area contributed by atoms with E-state index < -0.39 is 0 Å². The molecule has 0 fully saturated rings. The predicted octanol–water partition coefficient (Wildman–Crippen LogP) is 2.85. The van der Waals surface area contributed by atoms with Gasteiger partial charge in [0, 0.05) is 0 Å². The minimum Gasteiger partial charge on any atom is -0.389 e. The number of hydrogen-bond acceptors (Lipinski definition) is 4. The van der Waals surface area contributed by atoms with Crippen molar-refractivity contribution >= 4 is 66.9 Å². The van der Waals surface area contributed by atoms with E-state index in [1.165, 1.54) is 11.3 Å². The third kappa shape index (κ3) is 2.93. The Morgan fingerprint density at radius 1 is 1.82 bits per heavy atom. The third-order valence-electron chi connectivity index (χ3n) is 0.891. The van der Waals surface area contributed by atoms with Crippen LogP contribution in [-0.2, 0) is 0 Å². The summed E-state index contributed by atoms with van der Waals surface area (Å²) in [6, 6.07) is 0. The Morgan fingerprint density at radius 2 is 2.55 bits per heavy atom. The Hall–Kier alpha value is 0.740. The molecule has 0 aliphatic heterocycles. The number of rotatable bonds is 2. The molecule has 60 valence electrons. The standard InChI is InChI=1S/C4H4BrIN3PS/c5-4-9-2(1-8-10-6)3(7)11-4/h1,10H,7H2. The van der Waals surface area contributed by atoms with Crippen LogP contribution in [0.25, 0.3) is 0 Å². The monoisotopic (exact) mass is 363 g/mol. The number of thiazole rings is 1. The van der Waals surface area contributed by atoms with Crippen molar-refractivity contribution in [1.29, 1.82) is 0 Å². The Balaban J connectivity index is 2.85. The lowest BCUT2D eigenvalue weighted by Gasteiger charge is -1.84. The number of hydrogen-bond donors (Lipinski definition) is 1. The Labute approximate surface area is 91.3 Å². The van der Waals surface area contributed by atoms with Gasteiger partial charge in [-0.2, -0.15) is 0 Å². The Bertz CT molecular complexity index is 276. The van der Waals surface area contributed by atoms with Crippen LogP contribution in [0.15, 0.2) is 8.68 Å². The summed E-state index contributed by atoms with van der Waals surface area (Å²) in [4.78, 5) is 4.11. The number of nitrogen functional groups attached to an aromatic ring is 1. The van der Waals surface area contributed by atoms with Crippen LogP contribution < -0.4 is 5.73 Å². The summed E-state index contributed by atoms with van der Waals surface area (Å²) in [5, 5.41) is 0.704. The SMILES string of the molecule is Nc1sc(Br)nc1C=NPI. The van der Waals surface area contributed by atoms with Crippen molar-refractivity contribution in [3.8, 4) is 0 Å². The molecular weight excluding hydrogens is 360 g/mol. The fraction of sp³-hybridized carbons (Fsp3) is 0. The van der Waals surface area contributed by atoms with Gasteiger partial charge < -0.3 is 5.73 Å². The van der Waals surface area contributed by atoms with E-state index in [2.05, 4.69) is 47.7 Å². The van der Waals surface area contributed by atoms with Gasteiger partial charge in [0.15, 0.2) is 3.92 Å². The number of aromatic nitrogens is 1. The van der Waals surface area contributed by atoms with E-state index in [-0.39, 0.29) is 0 Å². The molecule has 0 spiro atoms. The highest BCUT2D eigenvalue weighted by Crippen LogP contribution is 2.26. The van der Waals surface area contributed by atoms with Crippen LogP contribution in [0, 0.1) is 0 Å². The summed E-state index contributed by atoms with van der Waals surface area (Å²) in [5.41, 5.74) is 6.37. The molecule has 0 radical (unpaired) electrons. The first kappa shape index (κ1) is 9.83. The van der Waals surface area contributed by atoms with Crippen LogP contribution in [0.1, 0.15) is 5.69 Å². The molecule has 0 bridgehead atoms. The molecule has 11 heavy (non-hydrogen) atoms. The van der Waals surface area contributed by atoms with E-state index in [9.17, 15) is 0 Å². The van der Waals surface area contributed by atoms with Gasteiger partial charge in [-0.05, 0) is 38.0 Å². The van der Waals surface area contributed by atoms with Crippen LogP contribution >= 0.6 is 55.7 Å². The van der Waals surface area contributed by atoms with Crippen molar-refractivity contribution in [2.24, 2.45) is 4.76 Å². The van der Waals surface area contributed by atoms with Crippen molar-refractivity contribution in [3.63, 3.8) is 0 Å². The molecule has 7 heteroatoms. The summed E-state index contributed by atoms with van der Waals surface area (Å²) >= 11 is 6.84. The van der Waals surface area contributed by atoms with Gasteiger partial charge in [0.05, 0.1) is 12.6 Å². The molecule has 0 saturated heterocycles. The first-order valence-corrected chi connectivity index (χ1v) is 8.21. The molecule has 0 amide bonds. The second-order valence-electron chi connectivity index (χ2n) is 1.56. The lowest BCUT2D eigenvalue weighted by molar-refractivity contribution is 1.36. The zero-order chi connectivity index (χ0) is 8.27. The molecule has 1 aromatic heterocycles. The topological polar surface area (TPSA) is 51.3 Å². The van der Waals surface area contributed by atoms with Gasteiger partial charge in [-0.1, -0.05) is 11.3 Å². The van der Waals surface area contributed by atoms with E-state index in [1.807, 2.05) is 0 Å². The highest BCUT2D eigenvalue weighted by Gasteiger charge is 2.02. The highest BCUT2D eigenvalue weighted by molar-refractivity contribution is 14.2. The van der Waals surface area contributed by atoms with Gasteiger partial charge in [0.25, 0.3) is 0 Å². The zero-order valence-electron chi connectivity index (χ0n) is 5.21. The predicted molar refractivity (Wildman–Crippen MR) is 64.2 cm³/mol. The van der Waals surface area contributed by atoms with Crippen molar-refractivity contribution in [3.05, 3.63) is 9.61 Å². The molecule has 0 aliphatic rings. The lowest BCUT2D eigenvalue weighted by atomic mass is 10.5. The first-order valence-electron chi connectivity index (χ1n) is 2.54. The highest BCUT2D eigenvalue weighted by atomic mass is 127. The van der Waals surface area contributed by atoms with Gasteiger partial charge in [-0.3, -0.25) is 4.76 Å². The van der Waals surface area contributed by atoms with Gasteiger partial charge in [0.2, 0.25) is 0 Å². The molecule has 3 nitrogen and oxygen atoms in total. The number of anilines is 1. The van der Waals surface area contributed by atoms with Crippen LogP contribution in [-0.4, -0.2) is 11.2 Å². The smallest absolute Gasteiger partial charge is 0.161 e. The van der Waals surface area contributed by atoms with Crippen LogP contribution in [0.4, 0.5) is 5.00 Å². The van der Waals surface area contributed by atoms with Crippen molar-refractivity contribution in [2.75, 3.05) is 5.73 Å². The van der Waals surface area contributed by atoms with Gasteiger partial charge in [0.1, 0.15) is 10.7 Å². The molecule has 0 saturated carbocycles. The molecule has 1 rings (SSSR count).